The van der Waals surface area contributed by atoms with Crippen molar-refractivity contribution >= 4 is 22.4 Å². The molecule has 0 spiro atoms. The Morgan fingerprint density at radius 1 is 0.629 bits per heavy atom. The first-order valence-corrected chi connectivity index (χ1v) is 12.7. The normalized spacial score (nSPS) is 11.3. The summed E-state index contributed by atoms with van der Waals surface area (Å²) in [5.74, 6) is -1.17. The maximum absolute atomic E-state index is 15.2. The van der Waals surface area contributed by atoms with Gasteiger partial charge in [0.25, 0.3) is 0 Å². The molecular weight excluding hydrogens is 465 g/mol. The quantitative estimate of drug-likeness (QED) is 0.193. The average Bonchev–Trinajstić information content (AvgIpc) is 2.84. The maximum Gasteiger partial charge on any atom is 0.134 e. The molecule has 0 fully saturated rings. The smallest absolute Gasteiger partial charge is 0.134 e. The van der Waals surface area contributed by atoms with Gasteiger partial charge in [-0.15, -0.1) is 0 Å². The lowest BCUT2D eigenvalue weighted by Gasteiger charge is -2.11. The van der Waals surface area contributed by atoms with E-state index in [1.807, 2.05) is 48.5 Å². The van der Waals surface area contributed by atoms with Crippen LogP contribution < -0.4 is 0 Å². The van der Waals surface area contributed by atoms with Crippen molar-refractivity contribution in [1.82, 2.24) is 0 Å². The van der Waals surface area contributed by atoms with Gasteiger partial charge in [-0.3, -0.25) is 0 Å². The van der Waals surface area contributed by atoms with E-state index in [9.17, 15) is 8.78 Å². The highest BCUT2D eigenvalue weighted by atomic mass is 35.5. The third-order valence-electron chi connectivity index (χ3n) is 6.63. The Bertz CT molecular complexity index is 1270. The van der Waals surface area contributed by atoms with Crippen LogP contribution in [-0.2, 0) is 32.1 Å². The van der Waals surface area contributed by atoms with E-state index in [4.69, 9.17) is 11.6 Å². The van der Waals surface area contributed by atoms with Gasteiger partial charge in [0.05, 0.1) is 0 Å². The molecular formula is C31H30ClF3. The van der Waals surface area contributed by atoms with Crippen molar-refractivity contribution in [3.8, 4) is 0 Å². The van der Waals surface area contributed by atoms with E-state index >= 15 is 4.39 Å². The summed E-state index contributed by atoms with van der Waals surface area (Å²) >= 11 is 5.94. The van der Waals surface area contributed by atoms with Crippen LogP contribution in [0.1, 0.15) is 54.0 Å². The van der Waals surface area contributed by atoms with Crippen LogP contribution in [0.3, 0.4) is 0 Å². The number of fused-ring (bicyclic) bond motifs is 1. The predicted molar refractivity (Wildman–Crippen MR) is 140 cm³/mol. The van der Waals surface area contributed by atoms with Crippen LogP contribution in [0.15, 0.2) is 66.7 Å². The summed E-state index contributed by atoms with van der Waals surface area (Å²) in [6, 6.07) is 19.8. The van der Waals surface area contributed by atoms with Crippen molar-refractivity contribution in [3.63, 3.8) is 0 Å². The molecule has 35 heavy (non-hydrogen) atoms. The molecule has 0 radical (unpaired) electrons. The highest BCUT2D eigenvalue weighted by Crippen LogP contribution is 2.25. The van der Waals surface area contributed by atoms with Crippen LogP contribution in [-0.4, -0.2) is 0 Å². The Hall–Kier alpha value is -2.78. The Kier molecular flexibility index (Phi) is 8.51. The summed E-state index contributed by atoms with van der Waals surface area (Å²) < 4.78 is 44.3. The van der Waals surface area contributed by atoms with Crippen LogP contribution in [0.25, 0.3) is 10.8 Å². The first-order chi connectivity index (χ1) is 16.9. The third-order valence-corrected chi connectivity index (χ3v) is 6.88. The fraction of sp³-hybridized carbons (Fsp3) is 0.290. The van der Waals surface area contributed by atoms with Crippen LogP contribution in [0.5, 0.6) is 0 Å². The predicted octanol–water partition coefficient (Wildman–Crippen LogP) is 9.21. The summed E-state index contributed by atoms with van der Waals surface area (Å²) in [4.78, 5) is 0. The molecule has 0 aliphatic rings. The van der Waals surface area contributed by atoms with Crippen molar-refractivity contribution in [1.29, 1.82) is 0 Å². The number of halogens is 4. The number of hydrogen-bond donors (Lipinski definition) is 0. The Morgan fingerprint density at radius 3 is 2.03 bits per heavy atom. The molecule has 0 heterocycles. The van der Waals surface area contributed by atoms with Crippen molar-refractivity contribution in [3.05, 3.63) is 117 Å². The molecule has 0 bridgehead atoms. The van der Waals surface area contributed by atoms with Crippen molar-refractivity contribution in [2.45, 2.75) is 58.3 Å². The van der Waals surface area contributed by atoms with Crippen LogP contribution in [0, 0.1) is 17.5 Å². The molecule has 0 amide bonds. The number of rotatable bonds is 10. The Balaban J connectivity index is 1.43. The fourth-order valence-corrected chi connectivity index (χ4v) is 4.68. The molecule has 0 saturated carbocycles. The minimum absolute atomic E-state index is 0.119. The summed E-state index contributed by atoms with van der Waals surface area (Å²) in [6.45, 7) is 2.10. The second-order valence-corrected chi connectivity index (χ2v) is 9.65. The van der Waals surface area contributed by atoms with E-state index in [2.05, 4.69) is 6.92 Å². The lowest BCUT2D eigenvalue weighted by atomic mass is 9.96. The van der Waals surface area contributed by atoms with Gasteiger partial charge < -0.3 is 0 Å². The molecule has 0 unspecified atom stereocenters. The lowest BCUT2D eigenvalue weighted by molar-refractivity contribution is 0.550. The van der Waals surface area contributed by atoms with E-state index in [0.29, 0.717) is 40.8 Å². The van der Waals surface area contributed by atoms with E-state index in [-0.39, 0.29) is 17.8 Å². The van der Waals surface area contributed by atoms with Crippen LogP contribution >= 0.6 is 11.6 Å². The zero-order valence-corrected chi connectivity index (χ0v) is 20.8. The number of hydrogen-bond acceptors (Lipinski definition) is 0. The molecule has 4 heteroatoms. The molecule has 0 N–H and O–H groups in total. The number of aryl methyl sites for hydroxylation is 4. The molecule has 4 aromatic carbocycles. The molecule has 4 aromatic rings. The van der Waals surface area contributed by atoms with E-state index in [1.54, 1.807) is 6.07 Å². The maximum atomic E-state index is 15.2. The van der Waals surface area contributed by atoms with Gasteiger partial charge in [0.2, 0.25) is 0 Å². The van der Waals surface area contributed by atoms with E-state index in [0.717, 1.165) is 42.2 Å². The van der Waals surface area contributed by atoms with Gasteiger partial charge in [-0.1, -0.05) is 73.8 Å². The molecule has 4 rings (SSSR count). The van der Waals surface area contributed by atoms with Gasteiger partial charge in [0.1, 0.15) is 17.5 Å². The summed E-state index contributed by atoms with van der Waals surface area (Å²) in [6.07, 6.45) is 5.83. The van der Waals surface area contributed by atoms with Crippen molar-refractivity contribution < 1.29 is 13.2 Å². The average molecular weight is 495 g/mol. The van der Waals surface area contributed by atoms with Gasteiger partial charge in [-0.05, 0) is 90.4 Å². The van der Waals surface area contributed by atoms with Gasteiger partial charge >= 0.3 is 0 Å². The van der Waals surface area contributed by atoms with Crippen LogP contribution in [0.4, 0.5) is 13.2 Å². The lowest BCUT2D eigenvalue weighted by Crippen LogP contribution is -2.01. The first-order valence-electron chi connectivity index (χ1n) is 12.4. The number of unbranched alkanes of at least 4 members (excludes halogenated alkanes) is 2. The van der Waals surface area contributed by atoms with Gasteiger partial charge in [0.15, 0.2) is 0 Å². The minimum atomic E-state index is -0.478. The standard InChI is InChI=1S/C31H30ClF3/c1-2-3-4-5-23-19-29(33)28(30(34)20-23)17-10-22-9-16-27-25(18-22)13-12-24(31(27)35)11-6-21-7-14-26(32)15-8-21/h7-9,12-16,18-20H,2-6,10-11,17H2,1H3. The molecule has 0 aromatic heterocycles. The molecule has 182 valence electrons. The van der Waals surface area contributed by atoms with Gasteiger partial charge in [-0.25, -0.2) is 13.2 Å². The van der Waals surface area contributed by atoms with Gasteiger partial charge in [0, 0.05) is 16.0 Å². The number of benzene rings is 4. The SMILES string of the molecule is CCCCCc1cc(F)c(CCc2ccc3c(F)c(CCc4ccc(Cl)cc4)ccc3c2)c(F)c1. The largest absolute Gasteiger partial charge is 0.207 e. The van der Waals surface area contributed by atoms with Crippen molar-refractivity contribution in [2.75, 3.05) is 0 Å². The molecule has 0 atom stereocenters. The molecule has 0 nitrogen and oxygen atoms in total. The topological polar surface area (TPSA) is 0 Å². The zero-order chi connectivity index (χ0) is 24.8. The Morgan fingerprint density at radius 2 is 1.31 bits per heavy atom. The highest BCUT2D eigenvalue weighted by Gasteiger charge is 2.13. The first kappa shape index (κ1) is 25.3. The highest BCUT2D eigenvalue weighted by molar-refractivity contribution is 6.30. The monoisotopic (exact) mass is 494 g/mol. The van der Waals surface area contributed by atoms with Crippen molar-refractivity contribution in [2.24, 2.45) is 0 Å². The molecule has 0 aliphatic heterocycles. The third kappa shape index (κ3) is 6.46. The van der Waals surface area contributed by atoms with Crippen LogP contribution in [0.2, 0.25) is 5.02 Å². The Labute approximate surface area is 210 Å². The molecule has 0 saturated heterocycles. The molecule has 0 aliphatic carbocycles. The summed E-state index contributed by atoms with van der Waals surface area (Å²) in [5.41, 5.74) is 3.54. The van der Waals surface area contributed by atoms with E-state index in [1.165, 1.54) is 12.1 Å². The van der Waals surface area contributed by atoms with E-state index < -0.39 is 11.6 Å². The second kappa shape index (κ2) is 11.8. The fourth-order valence-electron chi connectivity index (χ4n) is 4.55. The minimum Gasteiger partial charge on any atom is -0.207 e. The van der Waals surface area contributed by atoms with Gasteiger partial charge in [-0.2, -0.15) is 0 Å². The second-order valence-electron chi connectivity index (χ2n) is 9.22. The summed E-state index contributed by atoms with van der Waals surface area (Å²) in [5, 5.41) is 2.05. The summed E-state index contributed by atoms with van der Waals surface area (Å²) in [7, 11) is 0. The zero-order valence-electron chi connectivity index (χ0n) is 20.0.